The van der Waals surface area contributed by atoms with Crippen molar-refractivity contribution in [3.63, 3.8) is 0 Å². The summed E-state index contributed by atoms with van der Waals surface area (Å²) in [6, 6.07) is 2.39. The molecule has 13 heteroatoms. The van der Waals surface area contributed by atoms with E-state index >= 15 is 0 Å². The molecule has 0 aliphatic carbocycles. The molecule has 1 aromatic carbocycles. The third kappa shape index (κ3) is 3.49. The Bertz CT molecular complexity index is 664. The zero-order valence-corrected chi connectivity index (χ0v) is 11.4. The first-order chi connectivity index (χ1) is 11.1. The molecule has 1 N–H and O–H groups in total. The minimum absolute atomic E-state index is 0.444. The highest BCUT2D eigenvalue weighted by Crippen LogP contribution is 2.53. The van der Waals surface area contributed by atoms with Crippen molar-refractivity contribution < 1.29 is 58.9 Å². The van der Waals surface area contributed by atoms with Crippen molar-refractivity contribution >= 4 is 11.9 Å². The van der Waals surface area contributed by atoms with Crippen LogP contribution in [0.15, 0.2) is 24.3 Å². The molecular weight excluding hydrogens is 379 g/mol. The summed E-state index contributed by atoms with van der Waals surface area (Å²) in [6.07, 6.45) is -7.07. The van der Waals surface area contributed by atoms with Crippen molar-refractivity contribution in [1.82, 2.24) is 0 Å². The van der Waals surface area contributed by atoms with Crippen molar-refractivity contribution in [3.8, 4) is 5.75 Å². The van der Waals surface area contributed by atoms with Crippen LogP contribution in [0, 0.1) is 0 Å². The van der Waals surface area contributed by atoms with Crippen LogP contribution in [0.4, 0.5) is 39.5 Å². The fourth-order valence-corrected chi connectivity index (χ4v) is 1.34. The Hall–Kier alpha value is -2.47. The van der Waals surface area contributed by atoms with Gasteiger partial charge in [-0.25, -0.2) is 9.59 Å². The summed E-state index contributed by atoms with van der Waals surface area (Å²) in [5.74, 6) is -26.8. The van der Waals surface area contributed by atoms with Gasteiger partial charge >= 0.3 is 35.9 Å². The summed E-state index contributed by atoms with van der Waals surface area (Å²) in [6.45, 7) is 0. The third-order valence-electron chi connectivity index (χ3n) is 2.71. The minimum Gasteiger partial charge on any atom is -0.478 e. The van der Waals surface area contributed by atoms with Gasteiger partial charge < -0.3 is 9.84 Å². The largest absolute Gasteiger partial charge is 0.478 e. The van der Waals surface area contributed by atoms with Crippen molar-refractivity contribution in [1.29, 1.82) is 0 Å². The Balaban J connectivity index is 3.11. The summed E-state index contributed by atoms with van der Waals surface area (Å²) in [5.41, 5.74) is -0.444. The van der Waals surface area contributed by atoms with Gasteiger partial charge in [-0.15, -0.1) is 0 Å². The Morgan fingerprint density at radius 2 is 1.24 bits per heavy atom. The molecule has 0 spiro atoms. The Kier molecular flexibility index (Phi) is 5.03. The van der Waals surface area contributed by atoms with E-state index in [1.807, 2.05) is 0 Å². The highest BCUT2D eigenvalue weighted by Gasteiger charge is 2.84. The van der Waals surface area contributed by atoms with Crippen LogP contribution in [0.1, 0.15) is 10.4 Å². The minimum atomic E-state index is -7.23. The lowest BCUT2D eigenvalue weighted by molar-refractivity contribution is -0.390. The number of carboxylic acids is 1. The van der Waals surface area contributed by atoms with Gasteiger partial charge in [-0.05, 0) is 24.3 Å². The first kappa shape index (κ1) is 20.6. The van der Waals surface area contributed by atoms with Gasteiger partial charge in [0.25, 0.3) is 0 Å². The molecule has 1 rings (SSSR count). The second kappa shape index (κ2) is 6.11. The normalized spacial score (nSPS) is 13.5. The Morgan fingerprint density at radius 3 is 1.60 bits per heavy atom. The molecule has 0 fully saturated rings. The van der Waals surface area contributed by atoms with Gasteiger partial charge in [-0.3, -0.25) is 0 Å². The van der Waals surface area contributed by atoms with Crippen LogP contribution in [0.2, 0.25) is 0 Å². The van der Waals surface area contributed by atoms with Crippen LogP contribution >= 0.6 is 0 Å². The number of hydrogen-bond donors (Lipinski definition) is 1. The Labute approximate surface area is 131 Å². The first-order valence-corrected chi connectivity index (χ1v) is 5.81. The van der Waals surface area contributed by atoms with Gasteiger partial charge in [0.15, 0.2) is 0 Å². The van der Waals surface area contributed by atoms with Gasteiger partial charge in [0.1, 0.15) is 5.75 Å². The molecule has 140 valence electrons. The van der Waals surface area contributed by atoms with Crippen LogP contribution in [-0.4, -0.2) is 41.0 Å². The lowest BCUT2D eigenvalue weighted by Gasteiger charge is -2.32. The van der Waals surface area contributed by atoms with Crippen LogP contribution in [0.5, 0.6) is 5.75 Å². The molecule has 0 aliphatic rings. The molecule has 0 aliphatic heterocycles. The van der Waals surface area contributed by atoms with E-state index in [9.17, 15) is 49.1 Å². The fraction of sp³-hybridized carbons (Fsp3) is 0.333. The SMILES string of the molecule is O=C(O)c1ccc(OC(=O)C(F)(F)C(F)(F)C(F)(F)C(F)(F)F)cc1. The maximum absolute atomic E-state index is 13.2. The van der Waals surface area contributed by atoms with E-state index in [4.69, 9.17) is 5.11 Å². The van der Waals surface area contributed by atoms with Gasteiger partial charge in [-0.1, -0.05) is 0 Å². The van der Waals surface area contributed by atoms with E-state index < -0.39 is 47.2 Å². The summed E-state index contributed by atoms with van der Waals surface area (Å²) in [5, 5.41) is 8.54. The predicted molar refractivity (Wildman–Crippen MR) is 59.9 cm³/mol. The highest BCUT2D eigenvalue weighted by molar-refractivity contribution is 5.88. The molecule has 0 atom stereocenters. The van der Waals surface area contributed by atoms with Gasteiger partial charge in [0.2, 0.25) is 0 Å². The number of carbonyl (C=O) groups excluding carboxylic acids is 1. The topological polar surface area (TPSA) is 63.6 Å². The number of ether oxygens (including phenoxy) is 1. The summed E-state index contributed by atoms with van der Waals surface area (Å²) in [4.78, 5) is 21.5. The van der Waals surface area contributed by atoms with Crippen molar-refractivity contribution in [3.05, 3.63) is 29.8 Å². The molecular formula is C12H5F9O4. The summed E-state index contributed by atoms with van der Waals surface area (Å²) < 4.78 is 117. The van der Waals surface area contributed by atoms with E-state index in [2.05, 4.69) is 4.74 Å². The summed E-state index contributed by atoms with van der Waals surface area (Å²) in [7, 11) is 0. The Morgan fingerprint density at radius 1 is 0.800 bits per heavy atom. The maximum Gasteiger partial charge on any atom is 0.460 e. The molecule has 25 heavy (non-hydrogen) atoms. The van der Waals surface area contributed by atoms with Gasteiger partial charge in [0, 0.05) is 0 Å². The molecule has 0 heterocycles. The van der Waals surface area contributed by atoms with Crippen LogP contribution in [-0.2, 0) is 4.79 Å². The van der Waals surface area contributed by atoms with E-state index in [-0.39, 0.29) is 0 Å². The predicted octanol–water partition coefficient (Wildman–Crippen LogP) is 3.76. The smallest absolute Gasteiger partial charge is 0.460 e. The van der Waals surface area contributed by atoms with E-state index in [0.717, 1.165) is 0 Å². The number of halogens is 9. The molecule has 0 aromatic heterocycles. The number of benzene rings is 1. The number of alkyl halides is 9. The van der Waals surface area contributed by atoms with Crippen molar-refractivity contribution in [2.45, 2.75) is 23.9 Å². The molecule has 0 saturated carbocycles. The lowest BCUT2D eigenvalue weighted by atomic mass is 10.0. The molecule has 4 nitrogen and oxygen atoms in total. The first-order valence-electron chi connectivity index (χ1n) is 5.81. The van der Waals surface area contributed by atoms with Gasteiger partial charge in [-0.2, -0.15) is 39.5 Å². The number of carbonyl (C=O) groups is 2. The zero-order chi connectivity index (χ0) is 19.8. The number of aromatic carboxylic acids is 1. The standard InChI is InChI=1S/C12H5F9O4/c13-9(14,10(15,16)11(17,18)12(19,20)21)8(24)25-6-3-1-5(2-4-6)7(22)23/h1-4H,(H,22,23). The molecule has 0 amide bonds. The van der Waals surface area contributed by atoms with Crippen molar-refractivity contribution in [2.75, 3.05) is 0 Å². The second-order valence-corrected chi connectivity index (χ2v) is 4.44. The number of hydrogen-bond acceptors (Lipinski definition) is 3. The van der Waals surface area contributed by atoms with Crippen LogP contribution in [0.25, 0.3) is 0 Å². The maximum atomic E-state index is 13.2. The number of esters is 1. The molecule has 1 aromatic rings. The quantitative estimate of drug-likeness (QED) is 0.477. The van der Waals surface area contributed by atoms with E-state index in [0.29, 0.717) is 24.3 Å². The zero-order valence-electron chi connectivity index (χ0n) is 11.4. The third-order valence-corrected chi connectivity index (χ3v) is 2.71. The van der Waals surface area contributed by atoms with Crippen molar-refractivity contribution in [2.24, 2.45) is 0 Å². The fourth-order valence-electron chi connectivity index (χ4n) is 1.34. The molecule has 0 saturated heterocycles. The molecule has 0 bridgehead atoms. The summed E-state index contributed by atoms with van der Waals surface area (Å²) >= 11 is 0. The molecule has 0 unspecified atom stereocenters. The van der Waals surface area contributed by atoms with E-state index in [1.54, 1.807) is 0 Å². The monoisotopic (exact) mass is 384 g/mol. The van der Waals surface area contributed by atoms with Crippen LogP contribution < -0.4 is 4.74 Å². The lowest BCUT2D eigenvalue weighted by Crippen LogP contribution is -2.64. The average molecular weight is 384 g/mol. The average Bonchev–Trinajstić information content (AvgIpc) is 2.46. The van der Waals surface area contributed by atoms with Gasteiger partial charge in [0.05, 0.1) is 5.56 Å². The highest BCUT2D eigenvalue weighted by atomic mass is 19.4. The number of carboxylic acid groups (broad SMARTS) is 1. The number of rotatable bonds is 5. The second-order valence-electron chi connectivity index (χ2n) is 4.44. The molecule has 0 radical (unpaired) electrons. The van der Waals surface area contributed by atoms with Crippen LogP contribution in [0.3, 0.4) is 0 Å². The van der Waals surface area contributed by atoms with E-state index in [1.165, 1.54) is 0 Å².